The molecule has 1 aromatic rings. The number of carboxylic acid groups (broad SMARTS) is 1. The molecule has 0 saturated heterocycles. The average molecular weight is 465 g/mol. The Morgan fingerprint density at radius 3 is 2.52 bits per heavy atom. The molecule has 0 fully saturated rings. The van der Waals surface area contributed by atoms with Gasteiger partial charge in [-0.3, -0.25) is 9.59 Å². The molecule has 0 unspecified atom stereocenters. The summed E-state index contributed by atoms with van der Waals surface area (Å²) in [7, 11) is -2.85. The molecule has 0 amide bonds. The smallest absolute Gasteiger partial charge is 0.321 e. The number of carbonyl (C=O) groups excluding carboxylic acids is 1. The summed E-state index contributed by atoms with van der Waals surface area (Å²) in [5.41, 5.74) is 0. The number of rotatable bonds is 7. The molecular weight excluding hydrogens is 454 g/mol. The van der Waals surface area contributed by atoms with Crippen LogP contribution in [0.4, 0.5) is 0 Å². The molecule has 0 aliphatic heterocycles. The SMILES string of the molecule is COC(=O)CC[C@@H](NS(=O)(=O)c1cc(Br)sc1Br)C(=O)O. The third-order valence-electron chi connectivity index (χ3n) is 2.38. The molecule has 1 rings (SSSR count). The zero-order chi connectivity index (χ0) is 16.2. The lowest BCUT2D eigenvalue weighted by Crippen LogP contribution is -2.41. The maximum absolute atomic E-state index is 12.2. The van der Waals surface area contributed by atoms with Gasteiger partial charge in [0.25, 0.3) is 0 Å². The molecule has 11 heteroatoms. The van der Waals surface area contributed by atoms with Crippen molar-refractivity contribution >= 4 is 65.2 Å². The molecule has 7 nitrogen and oxygen atoms in total. The van der Waals surface area contributed by atoms with Crippen LogP contribution in [0.5, 0.6) is 0 Å². The maximum atomic E-state index is 12.2. The van der Waals surface area contributed by atoms with Crippen LogP contribution in [0.3, 0.4) is 0 Å². The fourth-order valence-electron chi connectivity index (χ4n) is 1.36. The number of hydrogen-bond donors (Lipinski definition) is 2. The van der Waals surface area contributed by atoms with Crippen molar-refractivity contribution in [3.63, 3.8) is 0 Å². The van der Waals surface area contributed by atoms with E-state index in [0.717, 1.165) is 11.3 Å². The van der Waals surface area contributed by atoms with Gasteiger partial charge in [-0.25, -0.2) is 8.42 Å². The number of methoxy groups -OCH3 is 1. The quantitative estimate of drug-likeness (QED) is 0.597. The van der Waals surface area contributed by atoms with Gasteiger partial charge in [0.15, 0.2) is 0 Å². The monoisotopic (exact) mass is 463 g/mol. The van der Waals surface area contributed by atoms with E-state index in [9.17, 15) is 18.0 Å². The fourth-order valence-corrected chi connectivity index (χ4v) is 6.39. The standard InChI is InChI=1S/C10H11Br2NO6S2/c1-19-8(14)3-2-5(10(15)16)13-21(17,18)6-4-7(11)20-9(6)12/h4-5,13H,2-3H2,1H3,(H,15,16)/t5-/m1/s1. The molecule has 0 aliphatic rings. The summed E-state index contributed by atoms with van der Waals surface area (Å²) < 4.78 is 31.7. The first kappa shape index (κ1) is 18.6. The minimum absolute atomic E-state index is 0.0660. The van der Waals surface area contributed by atoms with Gasteiger partial charge in [0.1, 0.15) is 10.9 Å². The van der Waals surface area contributed by atoms with E-state index in [1.165, 1.54) is 13.2 Å². The van der Waals surface area contributed by atoms with Crippen LogP contribution in [0.15, 0.2) is 18.5 Å². The van der Waals surface area contributed by atoms with Crippen molar-refractivity contribution in [1.82, 2.24) is 4.72 Å². The third kappa shape index (κ3) is 5.33. The summed E-state index contributed by atoms with van der Waals surface area (Å²) >= 11 is 7.40. The van der Waals surface area contributed by atoms with Crippen LogP contribution in [0, 0.1) is 0 Å². The highest BCUT2D eigenvalue weighted by atomic mass is 79.9. The van der Waals surface area contributed by atoms with Crippen molar-refractivity contribution in [2.24, 2.45) is 0 Å². The Morgan fingerprint density at radius 2 is 2.10 bits per heavy atom. The van der Waals surface area contributed by atoms with E-state index in [1.54, 1.807) is 0 Å². The van der Waals surface area contributed by atoms with Crippen LogP contribution in [-0.4, -0.2) is 38.6 Å². The summed E-state index contributed by atoms with van der Waals surface area (Å²) in [6, 6.07) is -0.0595. The number of carboxylic acids is 1. The number of esters is 1. The fraction of sp³-hybridized carbons (Fsp3) is 0.400. The van der Waals surface area contributed by atoms with Crippen LogP contribution < -0.4 is 4.72 Å². The van der Waals surface area contributed by atoms with E-state index < -0.39 is 28.0 Å². The highest BCUT2D eigenvalue weighted by Gasteiger charge is 2.28. The average Bonchev–Trinajstić information content (AvgIpc) is 2.73. The number of nitrogens with one attached hydrogen (secondary N) is 1. The molecule has 0 aliphatic carbocycles. The first-order chi connectivity index (χ1) is 9.67. The third-order valence-corrected chi connectivity index (χ3v) is 6.60. The van der Waals surface area contributed by atoms with Gasteiger partial charge < -0.3 is 9.84 Å². The van der Waals surface area contributed by atoms with Gasteiger partial charge in [-0.05, 0) is 44.3 Å². The van der Waals surface area contributed by atoms with E-state index >= 15 is 0 Å². The minimum atomic E-state index is -4.02. The molecule has 0 saturated carbocycles. The predicted molar refractivity (Wildman–Crippen MR) is 82.7 cm³/mol. The lowest BCUT2D eigenvalue weighted by atomic mass is 10.2. The summed E-state index contributed by atoms with van der Waals surface area (Å²) in [5, 5.41) is 9.05. The van der Waals surface area contributed by atoms with Gasteiger partial charge in [-0.15, -0.1) is 11.3 Å². The van der Waals surface area contributed by atoms with Crippen LogP contribution in [0.25, 0.3) is 0 Å². The van der Waals surface area contributed by atoms with Crippen molar-refractivity contribution in [1.29, 1.82) is 0 Å². The second-order valence-electron chi connectivity index (χ2n) is 3.82. The summed E-state index contributed by atoms with van der Waals surface area (Å²) in [6.07, 6.45) is -0.408. The van der Waals surface area contributed by atoms with Crippen molar-refractivity contribution in [3.8, 4) is 0 Å². The van der Waals surface area contributed by atoms with Gasteiger partial charge in [0.2, 0.25) is 10.0 Å². The Bertz CT molecular complexity index is 642. The number of halogens is 2. The summed E-state index contributed by atoms with van der Waals surface area (Å²) in [6.45, 7) is 0. The number of ether oxygens (including phenoxy) is 1. The highest BCUT2D eigenvalue weighted by molar-refractivity contribution is 9.12. The molecule has 1 atom stereocenters. The normalized spacial score (nSPS) is 12.9. The van der Waals surface area contributed by atoms with Crippen LogP contribution >= 0.6 is 43.2 Å². The first-order valence-electron chi connectivity index (χ1n) is 5.44. The maximum Gasteiger partial charge on any atom is 0.321 e. The predicted octanol–water partition coefficient (Wildman–Crippen LogP) is 1.96. The first-order valence-corrected chi connectivity index (χ1v) is 9.32. The van der Waals surface area contributed by atoms with Crippen LogP contribution in [0.2, 0.25) is 0 Å². The van der Waals surface area contributed by atoms with E-state index in [0.29, 0.717) is 7.57 Å². The zero-order valence-electron chi connectivity index (χ0n) is 10.6. The molecule has 21 heavy (non-hydrogen) atoms. The largest absolute Gasteiger partial charge is 0.480 e. The van der Waals surface area contributed by atoms with E-state index in [-0.39, 0.29) is 17.7 Å². The number of aliphatic carboxylic acids is 1. The van der Waals surface area contributed by atoms with Gasteiger partial charge in [-0.2, -0.15) is 4.72 Å². The van der Waals surface area contributed by atoms with Crippen molar-refractivity contribution < 1.29 is 27.9 Å². The molecule has 0 spiro atoms. The Balaban J connectivity index is 2.90. The molecule has 118 valence electrons. The van der Waals surface area contributed by atoms with Gasteiger partial charge >= 0.3 is 11.9 Å². The number of sulfonamides is 1. The second-order valence-corrected chi connectivity index (χ2v) is 9.25. The van der Waals surface area contributed by atoms with Gasteiger partial charge in [0, 0.05) is 6.42 Å². The number of carbonyl (C=O) groups is 2. The molecule has 1 aromatic heterocycles. The Labute approximate surface area is 142 Å². The molecule has 0 radical (unpaired) electrons. The van der Waals surface area contributed by atoms with Crippen LogP contribution in [0.1, 0.15) is 12.8 Å². The summed E-state index contributed by atoms with van der Waals surface area (Å²) in [4.78, 5) is 22.1. The van der Waals surface area contributed by atoms with Gasteiger partial charge in [-0.1, -0.05) is 0 Å². The number of thiophene rings is 1. The minimum Gasteiger partial charge on any atom is -0.480 e. The highest BCUT2D eigenvalue weighted by Crippen LogP contribution is 2.34. The number of hydrogen-bond acceptors (Lipinski definition) is 6. The second kappa shape index (κ2) is 7.68. The van der Waals surface area contributed by atoms with Crippen molar-refractivity contribution in [2.75, 3.05) is 7.11 Å². The Hall–Kier alpha value is -0.490. The zero-order valence-corrected chi connectivity index (χ0v) is 15.4. The van der Waals surface area contributed by atoms with Crippen LogP contribution in [-0.2, 0) is 24.3 Å². The van der Waals surface area contributed by atoms with E-state index in [1.807, 2.05) is 0 Å². The summed E-state index contributed by atoms with van der Waals surface area (Å²) in [5.74, 6) is -1.98. The van der Waals surface area contributed by atoms with Crippen molar-refractivity contribution in [3.05, 3.63) is 13.6 Å². The Morgan fingerprint density at radius 1 is 1.48 bits per heavy atom. The molecule has 2 N–H and O–H groups in total. The molecule has 1 heterocycles. The lowest BCUT2D eigenvalue weighted by molar-refractivity contribution is -0.142. The van der Waals surface area contributed by atoms with E-state index in [2.05, 4.69) is 41.3 Å². The lowest BCUT2D eigenvalue weighted by Gasteiger charge is -2.13. The van der Waals surface area contributed by atoms with Crippen molar-refractivity contribution in [2.45, 2.75) is 23.8 Å². The molecule has 0 aromatic carbocycles. The molecular formula is C10H11Br2NO6S2. The van der Waals surface area contributed by atoms with Gasteiger partial charge in [0.05, 0.1) is 14.7 Å². The molecule has 0 bridgehead atoms. The van der Waals surface area contributed by atoms with E-state index in [4.69, 9.17) is 5.11 Å². The Kier molecular flexibility index (Phi) is 6.78. The topological polar surface area (TPSA) is 110 Å².